The number of aromatic nitrogens is 2. The van der Waals surface area contributed by atoms with Crippen molar-refractivity contribution in [3.8, 4) is 6.07 Å². The molecule has 20 heavy (non-hydrogen) atoms. The highest BCUT2D eigenvalue weighted by Gasteiger charge is 2.12. The van der Waals surface area contributed by atoms with Crippen molar-refractivity contribution in [3.05, 3.63) is 6.07 Å². The third kappa shape index (κ3) is 5.25. The van der Waals surface area contributed by atoms with Crippen LogP contribution in [0.1, 0.15) is 27.2 Å². The van der Waals surface area contributed by atoms with Gasteiger partial charge in [0.05, 0.1) is 12.5 Å². The zero-order valence-corrected chi connectivity index (χ0v) is 13.5. The minimum atomic E-state index is 0.502. The van der Waals surface area contributed by atoms with Gasteiger partial charge in [0.25, 0.3) is 0 Å². The molecule has 0 aliphatic heterocycles. The molecule has 0 atom stereocenters. The first-order valence-corrected chi connectivity index (χ1v) is 8.12. The summed E-state index contributed by atoms with van der Waals surface area (Å²) in [5.41, 5.74) is 0. The van der Waals surface area contributed by atoms with Crippen molar-refractivity contribution < 1.29 is 0 Å². The van der Waals surface area contributed by atoms with Crippen LogP contribution in [-0.2, 0) is 0 Å². The van der Waals surface area contributed by atoms with Crippen LogP contribution in [0.4, 0.5) is 11.6 Å². The van der Waals surface area contributed by atoms with Crippen molar-refractivity contribution in [1.82, 2.24) is 9.97 Å². The zero-order chi connectivity index (χ0) is 15.0. The van der Waals surface area contributed by atoms with Crippen molar-refractivity contribution in [2.24, 2.45) is 5.92 Å². The minimum absolute atomic E-state index is 0.502. The molecular formula is C14H23N5S. The number of thioether (sulfide) groups is 1. The molecule has 1 N–H and O–H groups in total. The second-order valence-corrected chi connectivity index (χ2v) is 5.65. The van der Waals surface area contributed by atoms with E-state index in [1.165, 1.54) is 11.8 Å². The molecule has 6 heteroatoms. The van der Waals surface area contributed by atoms with Gasteiger partial charge in [0.1, 0.15) is 11.6 Å². The number of nitrogens with zero attached hydrogens (tertiary/aromatic N) is 4. The predicted octanol–water partition coefficient (Wildman–Crippen LogP) is 3.01. The molecule has 1 rings (SSSR count). The van der Waals surface area contributed by atoms with E-state index in [9.17, 15) is 0 Å². The van der Waals surface area contributed by atoms with Crippen molar-refractivity contribution >= 4 is 23.4 Å². The van der Waals surface area contributed by atoms with Crippen LogP contribution in [0, 0.1) is 17.2 Å². The summed E-state index contributed by atoms with van der Waals surface area (Å²) in [5.74, 6) is 2.25. The van der Waals surface area contributed by atoms with Gasteiger partial charge in [0, 0.05) is 25.7 Å². The van der Waals surface area contributed by atoms with Gasteiger partial charge in [0.2, 0.25) is 0 Å². The number of hydrogen-bond acceptors (Lipinski definition) is 6. The van der Waals surface area contributed by atoms with Gasteiger partial charge in [-0.3, -0.25) is 0 Å². The van der Waals surface area contributed by atoms with E-state index < -0.39 is 0 Å². The largest absolute Gasteiger partial charge is 0.370 e. The molecule has 0 aliphatic carbocycles. The van der Waals surface area contributed by atoms with Crippen LogP contribution >= 0.6 is 11.8 Å². The molecule has 0 saturated heterocycles. The molecule has 0 spiro atoms. The fourth-order valence-electron chi connectivity index (χ4n) is 1.86. The molecule has 1 heterocycles. The summed E-state index contributed by atoms with van der Waals surface area (Å²) in [6, 6.07) is 4.16. The first-order chi connectivity index (χ1) is 9.60. The van der Waals surface area contributed by atoms with E-state index in [0.29, 0.717) is 18.9 Å². The van der Waals surface area contributed by atoms with Gasteiger partial charge < -0.3 is 10.2 Å². The highest BCUT2D eigenvalue weighted by Crippen LogP contribution is 2.21. The highest BCUT2D eigenvalue weighted by molar-refractivity contribution is 7.98. The van der Waals surface area contributed by atoms with E-state index in [1.54, 1.807) is 0 Å². The zero-order valence-electron chi connectivity index (χ0n) is 12.7. The van der Waals surface area contributed by atoms with Gasteiger partial charge >= 0.3 is 0 Å². The highest BCUT2D eigenvalue weighted by atomic mass is 32.2. The standard InChI is InChI=1S/C14H23N5S/c1-5-16-12-9-13(18-14(17-12)20-4)19(8-6-7-15)10-11(2)3/h9,11H,5-6,8,10H2,1-4H3,(H,16,17,18). The molecule has 0 radical (unpaired) electrons. The predicted molar refractivity (Wildman–Crippen MR) is 85.3 cm³/mol. The Morgan fingerprint density at radius 1 is 1.45 bits per heavy atom. The van der Waals surface area contributed by atoms with Crippen LogP contribution < -0.4 is 10.2 Å². The molecular weight excluding hydrogens is 270 g/mol. The van der Waals surface area contributed by atoms with Gasteiger partial charge in [-0.15, -0.1) is 0 Å². The summed E-state index contributed by atoms with van der Waals surface area (Å²) in [6.07, 6.45) is 2.47. The Labute approximate surface area is 125 Å². The smallest absolute Gasteiger partial charge is 0.191 e. The molecule has 0 fully saturated rings. The lowest BCUT2D eigenvalue weighted by atomic mass is 10.2. The molecule has 0 saturated carbocycles. The molecule has 0 aliphatic rings. The molecule has 0 aromatic carbocycles. The first-order valence-electron chi connectivity index (χ1n) is 6.89. The minimum Gasteiger partial charge on any atom is -0.370 e. The van der Waals surface area contributed by atoms with Gasteiger partial charge in [-0.25, -0.2) is 9.97 Å². The average molecular weight is 293 g/mol. The van der Waals surface area contributed by atoms with Crippen molar-refractivity contribution in [2.45, 2.75) is 32.3 Å². The van der Waals surface area contributed by atoms with Gasteiger partial charge in [0.15, 0.2) is 5.16 Å². The summed E-state index contributed by atoms with van der Waals surface area (Å²) < 4.78 is 0. The number of nitrogens with one attached hydrogen (secondary N) is 1. The third-order valence-electron chi connectivity index (χ3n) is 2.64. The summed E-state index contributed by atoms with van der Waals surface area (Å²) in [5, 5.41) is 12.8. The van der Waals surface area contributed by atoms with E-state index >= 15 is 0 Å². The molecule has 110 valence electrons. The van der Waals surface area contributed by atoms with Gasteiger partial charge in [-0.1, -0.05) is 25.6 Å². The number of rotatable bonds is 8. The molecule has 5 nitrogen and oxygen atoms in total. The van der Waals surface area contributed by atoms with Crippen molar-refractivity contribution in [3.63, 3.8) is 0 Å². The lowest BCUT2D eigenvalue weighted by Gasteiger charge is -2.25. The monoisotopic (exact) mass is 293 g/mol. The first kappa shape index (κ1) is 16.6. The van der Waals surface area contributed by atoms with Crippen LogP contribution in [0.15, 0.2) is 11.2 Å². The fraction of sp³-hybridized carbons (Fsp3) is 0.643. The van der Waals surface area contributed by atoms with Crippen LogP contribution in [0.5, 0.6) is 0 Å². The Morgan fingerprint density at radius 3 is 2.75 bits per heavy atom. The molecule has 1 aromatic rings. The quantitative estimate of drug-likeness (QED) is 0.587. The molecule has 0 unspecified atom stereocenters. The lowest BCUT2D eigenvalue weighted by molar-refractivity contribution is 0.605. The van der Waals surface area contributed by atoms with E-state index in [2.05, 4.69) is 40.1 Å². The normalized spacial score (nSPS) is 10.4. The van der Waals surface area contributed by atoms with Crippen LogP contribution in [-0.4, -0.2) is 35.9 Å². The lowest BCUT2D eigenvalue weighted by Crippen LogP contribution is -2.29. The maximum absolute atomic E-state index is 8.81. The summed E-state index contributed by atoms with van der Waals surface area (Å²) in [7, 11) is 0. The van der Waals surface area contributed by atoms with Gasteiger partial charge in [-0.2, -0.15) is 5.26 Å². The second kappa shape index (κ2) is 8.64. The van der Waals surface area contributed by atoms with E-state index in [4.69, 9.17) is 5.26 Å². The second-order valence-electron chi connectivity index (χ2n) is 4.88. The summed E-state index contributed by atoms with van der Waals surface area (Å²) >= 11 is 1.53. The average Bonchev–Trinajstić information content (AvgIpc) is 2.43. The number of hydrogen-bond donors (Lipinski definition) is 1. The Morgan fingerprint density at radius 2 is 2.20 bits per heavy atom. The van der Waals surface area contributed by atoms with Crippen LogP contribution in [0.3, 0.4) is 0 Å². The van der Waals surface area contributed by atoms with Crippen LogP contribution in [0.2, 0.25) is 0 Å². The maximum Gasteiger partial charge on any atom is 0.191 e. The summed E-state index contributed by atoms with van der Waals surface area (Å²) in [4.78, 5) is 11.2. The Hall–Kier alpha value is -1.48. The number of anilines is 2. The molecule has 0 bridgehead atoms. The topological polar surface area (TPSA) is 64.8 Å². The number of nitriles is 1. The Bertz CT molecular complexity index is 455. The fourth-order valence-corrected chi connectivity index (χ4v) is 2.24. The van der Waals surface area contributed by atoms with Crippen LogP contribution in [0.25, 0.3) is 0 Å². The van der Waals surface area contributed by atoms with Crippen molar-refractivity contribution in [1.29, 1.82) is 5.26 Å². The summed E-state index contributed by atoms with van der Waals surface area (Å²) in [6.45, 7) is 8.79. The van der Waals surface area contributed by atoms with E-state index in [0.717, 1.165) is 29.9 Å². The van der Waals surface area contributed by atoms with Crippen molar-refractivity contribution in [2.75, 3.05) is 36.1 Å². The molecule has 0 amide bonds. The third-order valence-corrected chi connectivity index (χ3v) is 3.18. The SMILES string of the molecule is CCNc1cc(N(CCC#N)CC(C)C)nc(SC)n1. The maximum atomic E-state index is 8.81. The van der Waals surface area contributed by atoms with E-state index in [1.807, 2.05) is 19.2 Å². The van der Waals surface area contributed by atoms with E-state index in [-0.39, 0.29) is 0 Å². The Kier molecular flexibility index (Phi) is 7.16. The van der Waals surface area contributed by atoms with Gasteiger partial charge in [-0.05, 0) is 19.1 Å². The Balaban J connectivity index is 3.03. The molecule has 1 aromatic heterocycles.